The molecule has 1 saturated heterocycles. The van der Waals surface area contributed by atoms with Gasteiger partial charge in [0.1, 0.15) is 0 Å². The van der Waals surface area contributed by atoms with Crippen LogP contribution in [-0.2, 0) is 14.8 Å². The number of carbonyl (C=O) groups excluding carboxylic acids is 2. The SMILES string of the molecule is CNC(=O)c1ccc(Cl)c(N2CC(CS(N)(=O)=O)CC2=O)c1. The zero-order chi connectivity index (χ0) is 16.5. The lowest BCUT2D eigenvalue weighted by molar-refractivity contribution is -0.117. The van der Waals surface area contributed by atoms with E-state index in [-0.39, 0.29) is 36.5 Å². The van der Waals surface area contributed by atoms with Gasteiger partial charge < -0.3 is 10.2 Å². The molecule has 0 saturated carbocycles. The van der Waals surface area contributed by atoms with Gasteiger partial charge in [0, 0.05) is 31.5 Å². The van der Waals surface area contributed by atoms with Crippen molar-refractivity contribution in [2.45, 2.75) is 6.42 Å². The van der Waals surface area contributed by atoms with Gasteiger partial charge in [-0.1, -0.05) is 11.6 Å². The molecule has 7 nitrogen and oxygen atoms in total. The summed E-state index contributed by atoms with van der Waals surface area (Å²) >= 11 is 6.10. The number of rotatable bonds is 4. The number of amides is 2. The van der Waals surface area contributed by atoms with Gasteiger partial charge in [0.25, 0.3) is 5.91 Å². The van der Waals surface area contributed by atoms with E-state index in [2.05, 4.69) is 5.32 Å². The Bertz CT molecular complexity index is 720. The third-order valence-electron chi connectivity index (χ3n) is 3.40. The number of carbonyl (C=O) groups is 2. The molecule has 0 aromatic heterocycles. The van der Waals surface area contributed by atoms with Gasteiger partial charge in [-0.3, -0.25) is 9.59 Å². The quantitative estimate of drug-likeness (QED) is 0.819. The van der Waals surface area contributed by atoms with Gasteiger partial charge in [0.05, 0.1) is 16.5 Å². The molecule has 1 atom stereocenters. The van der Waals surface area contributed by atoms with Crippen molar-refractivity contribution in [1.82, 2.24) is 5.32 Å². The molecule has 9 heteroatoms. The summed E-state index contributed by atoms with van der Waals surface area (Å²) < 4.78 is 22.3. The summed E-state index contributed by atoms with van der Waals surface area (Å²) in [6.07, 6.45) is 0.0803. The molecule has 1 unspecified atom stereocenters. The van der Waals surface area contributed by atoms with E-state index in [1.54, 1.807) is 6.07 Å². The molecule has 1 heterocycles. The fraction of sp³-hybridized carbons (Fsp3) is 0.385. The van der Waals surface area contributed by atoms with E-state index in [9.17, 15) is 18.0 Å². The predicted octanol–water partition coefficient (Wildman–Crippen LogP) is 0.341. The first-order chi connectivity index (χ1) is 10.2. The minimum Gasteiger partial charge on any atom is -0.355 e. The Morgan fingerprint density at radius 1 is 1.50 bits per heavy atom. The number of nitrogens with two attached hydrogens (primary N) is 1. The zero-order valence-corrected chi connectivity index (χ0v) is 13.4. The monoisotopic (exact) mass is 345 g/mol. The van der Waals surface area contributed by atoms with E-state index < -0.39 is 10.0 Å². The van der Waals surface area contributed by atoms with Crippen molar-refractivity contribution in [3.63, 3.8) is 0 Å². The number of hydrogen-bond donors (Lipinski definition) is 2. The molecule has 0 bridgehead atoms. The average Bonchev–Trinajstić information content (AvgIpc) is 2.76. The van der Waals surface area contributed by atoms with Crippen LogP contribution in [0.4, 0.5) is 5.69 Å². The molecule has 0 radical (unpaired) electrons. The Morgan fingerprint density at radius 2 is 2.18 bits per heavy atom. The maximum Gasteiger partial charge on any atom is 0.251 e. The molecule has 1 aliphatic rings. The molecule has 0 spiro atoms. The van der Waals surface area contributed by atoms with Crippen LogP contribution in [0.25, 0.3) is 0 Å². The van der Waals surface area contributed by atoms with Crippen LogP contribution in [0.3, 0.4) is 0 Å². The van der Waals surface area contributed by atoms with Crippen LogP contribution in [0.5, 0.6) is 0 Å². The summed E-state index contributed by atoms with van der Waals surface area (Å²) in [5, 5.41) is 7.83. The molecule has 2 rings (SSSR count). The van der Waals surface area contributed by atoms with Crippen LogP contribution in [0.1, 0.15) is 16.8 Å². The first kappa shape index (κ1) is 16.7. The summed E-state index contributed by atoms with van der Waals surface area (Å²) in [4.78, 5) is 25.2. The summed E-state index contributed by atoms with van der Waals surface area (Å²) in [5.41, 5.74) is 0.759. The second-order valence-electron chi connectivity index (χ2n) is 5.15. The topological polar surface area (TPSA) is 110 Å². The van der Waals surface area contributed by atoms with Crippen LogP contribution >= 0.6 is 11.6 Å². The molecule has 1 fully saturated rings. The number of hydrogen-bond acceptors (Lipinski definition) is 4. The maximum atomic E-state index is 12.1. The van der Waals surface area contributed by atoms with Gasteiger partial charge in [-0.05, 0) is 18.2 Å². The molecule has 0 aliphatic carbocycles. The Balaban J connectivity index is 2.28. The molecule has 2 amide bonds. The largest absolute Gasteiger partial charge is 0.355 e. The number of nitrogens with one attached hydrogen (secondary N) is 1. The summed E-state index contributed by atoms with van der Waals surface area (Å²) in [7, 11) is -2.15. The number of primary sulfonamides is 1. The summed E-state index contributed by atoms with van der Waals surface area (Å²) in [6.45, 7) is 0.201. The lowest BCUT2D eigenvalue weighted by Crippen LogP contribution is -2.28. The van der Waals surface area contributed by atoms with E-state index in [4.69, 9.17) is 16.7 Å². The van der Waals surface area contributed by atoms with Crippen molar-refractivity contribution >= 4 is 39.1 Å². The highest BCUT2D eigenvalue weighted by Crippen LogP contribution is 2.32. The molecular formula is C13H16ClN3O4S. The van der Waals surface area contributed by atoms with Gasteiger partial charge in [-0.25, -0.2) is 13.6 Å². The third kappa shape index (κ3) is 3.76. The first-order valence-electron chi connectivity index (χ1n) is 6.53. The normalized spacial score (nSPS) is 18.6. The minimum atomic E-state index is -3.65. The molecule has 120 valence electrons. The van der Waals surface area contributed by atoms with Gasteiger partial charge in [0.2, 0.25) is 15.9 Å². The van der Waals surface area contributed by atoms with Crippen LogP contribution in [-0.4, -0.2) is 39.6 Å². The minimum absolute atomic E-state index is 0.0803. The number of halogens is 1. The van der Waals surface area contributed by atoms with E-state index in [1.807, 2.05) is 0 Å². The molecule has 1 aromatic carbocycles. The van der Waals surface area contributed by atoms with Crippen molar-refractivity contribution in [2.75, 3.05) is 24.2 Å². The second-order valence-corrected chi connectivity index (χ2v) is 7.22. The van der Waals surface area contributed by atoms with E-state index in [0.29, 0.717) is 16.3 Å². The van der Waals surface area contributed by atoms with Gasteiger partial charge in [0.15, 0.2) is 0 Å². The first-order valence-corrected chi connectivity index (χ1v) is 8.63. The standard InChI is InChI=1S/C13H16ClN3O4S/c1-16-13(19)9-2-3-10(14)11(5-9)17-6-8(4-12(17)18)7-22(15,20)21/h2-3,5,8H,4,6-7H2,1H3,(H,16,19)(H2,15,20,21). The van der Waals surface area contributed by atoms with Gasteiger partial charge in [-0.15, -0.1) is 0 Å². The fourth-order valence-corrected chi connectivity index (χ4v) is 3.56. The molecular weight excluding hydrogens is 330 g/mol. The highest BCUT2D eigenvalue weighted by Gasteiger charge is 2.34. The fourth-order valence-electron chi connectivity index (χ4n) is 2.46. The van der Waals surface area contributed by atoms with Gasteiger partial charge in [-0.2, -0.15) is 0 Å². The lowest BCUT2D eigenvalue weighted by Gasteiger charge is -2.19. The van der Waals surface area contributed by atoms with Crippen molar-refractivity contribution in [2.24, 2.45) is 11.1 Å². The van der Waals surface area contributed by atoms with Crippen molar-refractivity contribution in [3.8, 4) is 0 Å². The van der Waals surface area contributed by atoms with E-state index in [0.717, 1.165) is 0 Å². The van der Waals surface area contributed by atoms with Crippen LogP contribution in [0.15, 0.2) is 18.2 Å². The Hall–Kier alpha value is -1.64. The highest BCUT2D eigenvalue weighted by molar-refractivity contribution is 7.89. The van der Waals surface area contributed by atoms with Gasteiger partial charge >= 0.3 is 0 Å². The van der Waals surface area contributed by atoms with E-state index >= 15 is 0 Å². The second kappa shape index (κ2) is 6.23. The van der Waals surface area contributed by atoms with Crippen molar-refractivity contribution in [3.05, 3.63) is 28.8 Å². The Kier molecular flexibility index (Phi) is 4.74. The Morgan fingerprint density at radius 3 is 2.77 bits per heavy atom. The number of anilines is 1. The number of benzene rings is 1. The van der Waals surface area contributed by atoms with Crippen LogP contribution in [0.2, 0.25) is 5.02 Å². The summed E-state index contributed by atoms with van der Waals surface area (Å²) in [5.74, 6) is -1.19. The summed E-state index contributed by atoms with van der Waals surface area (Å²) in [6, 6.07) is 4.59. The molecule has 1 aliphatic heterocycles. The number of sulfonamides is 1. The van der Waals surface area contributed by atoms with Crippen LogP contribution in [0, 0.1) is 5.92 Å². The van der Waals surface area contributed by atoms with Crippen LogP contribution < -0.4 is 15.4 Å². The highest BCUT2D eigenvalue weighted by atomic mass is 35.5. The zero-order valence-electron chi connectivity index (χ0n) is 11.9. The van der Waals surface area contributed by atoms with Crippen molar-refractivity contribution in [1.29, 1.82) is 0 Å². The molecule has 3 N–H and O–H groups in total. The smallest absolute Gasteiger partial charge is 0.251 e. The molecule has 1 aromatic rings. The molecule has 22 heavy (non-hydrogen) atoms. The number of nitrogens with zero attached hydrogens (tertiary/aromatic N) is 1. The van der Waals surface area contributed by atoms with Crippen molar-refractivity contribution < 1.29 is 18.0 Å². The predicted molar refractivity (Wildman–Crippen MR) is 83.3 cm³/mol. The maximum absolute atomic E-state index is 12.1. The van der Waals surface area contributed by atoms with E-state index in [1.165, 1.54) is 24.1 Å². The third-order valence-corrected chi connectivity index (χ3v) is 4.65. The average molecular weight is 346 g/mol. The lowest BCUT2D eigenvalue weighted by atomic mass is 10.1. The Labute approximate surface area is 133 Å².